The van der Waals surface area contributed by atoms with Crippen LogP contribution in [0.15, 0.2) is 35.3 Å². The van der Waals surface area contributed by atoms with Crippen molar-refractivity contribution in [2.24, 2.45) is 5.92 Å². The summed E-state index contributed by atoms with van der Waals surface area (Å²) in [4.78, 5) is 41.0. The van der Waals surface area contributed by atoms with E-state index in [-0.39, 0.29) is 28.5 Å². The Bertz CT molecular complexity index is 1590. The van der Waals surface area contributed by atoms with Crippen molar-refractivity contribution in [1.29, 1.82) is 0 Å². The second-order valence-corrected chi connectivity index (χ2v) is 12.7. The summed E-state index contributed by atoms with van der Waals surface area (Å²) in [6.45, 7) is 11.6. The molecule has 0 aliphatic heterocycles. The molecule has 0 saturated carbocycles. The highest BCUT2D eigenvalue weighted by atomic mass is 35.5. The summed E-state index contributed by atoms with van der Waals surface area (Å²) in [6.07, 6.45) is 1.46. The minimum atomic E-state index is -1.32. The smallest absolute Gasteiger partial charge is 0.305 e. The Morgan fingerprint density at radius 1 is 1.02 bits per heavy atom. The molecule has 0 aliphatic rings. The minimum Gasteiger partial charge on any atom is -0.481 e. The van der Waals surface area contributed by atoms with Crippen LogP contribution in [0.2, 0.25) is 5.02 Å². The number of benzene rings is 2. The highest BCUT2D eigenvalue weighted by Gasteiger charge is 2.30. The number of carboxylic acids is 1. The number of aromatic nitrogens is 1. The number of carbonyl (C=O) groups is 2. The molecule has 10 heteroatoms. The van der Waals surface area contributed by atoms with Gasteiger partial charge in [-0.1, -0.05) is 43.1 Å². The van der Waals surface area contributed by atoms with Gasteiger partial charge >= 0.3 is 5.97 Å². The maximum Gasteiger partial charge on any atom is 0.305 e. The number of aryl methyl sites for hydroxylation is 3. The van der Waals surface area contributed by atoms with E-state index < -0.39 is 47.6 Å². The topological polar surface area (TPSA) is 91.6 Å². The Morgan fingerprint density at radius 3 is 2.18 bits per heavy atom. The number of amides is 1. The SMILES string of the molecule is Cc1cc(C)c(-c2cc(Cl)c(F)c([C@H](CC(=O)O)NC(=O)C(CC(C)C)n3cc(CCN(C)C)c(C)c(F)c3=O)c2)c(C)c1. The van der Waals surface area contributed by atoms with Crippen LogP contribution in [0.25, 0.3) is 11.1 Å². The molecule has 1 unspecified atom stereocenters. The average Bonchev–Trinajstić information content (AvgIpc) is 2.90. The van der Waals surface area contributed by atoms with Gasteiger partial charge in [0.2, 0.25) is 5.91 Å². The molecule has 0 fully saturated rings. The molecule has 1 heterocycles. The van der Waals surface area contributed by atoms with E-state index in [0.717, 1.165) is 26.8 Å². The number of pyridine rings is 1. The van der Waals surface area contributed by atoms with E-state index in [1.807, 2.05) is 65.7 Å². The first kappa shape index (κ1) is 34.9. The van der Waals surface area contributed by atoms with Crippen LogP contribution in [0.5, 0.6) is 0 Å². The molecule has 7 nitrogen and oxygen atoms in total. The van der Waals surface area contributed by atoms with Crippen LogP contribution in [-0.4, -0.2) is 47.1 Å². The van der Waals surface area contributed by atoms with Crippen LogP contribution in [0.3, 0.4) is 0 Å². The lowest BCUT2D eigenvalue weighted by Crippen LogP contribution is -2.41. The normalized spacial score (nSPS) is 12.9. The maximum absolute atomic E-state index is 15.6. The van der Waals surface area contributed by atoms with Gasteiger partial charge in [0.25, 0.3) is 5.56 Å². The van der Waals surface area contributed by atoms with Gasteiger partial charge in [-0.15, -0.1) is 0 Å². The Labute approximate surface area is 262 Å². The summed E-state index contributed by atoms with van der Waals surface area (Å²) in [6, 6.07) is 4.46. The standard InChI is InChI=1S/C34H42ClF2N3O4/c1-18(2)11-28(40-17-23(9-10-39(7)8)22(6)31(36)34(40)44)33(43)38-27(16-29(41)42)25-14-24(15-26(35)32(25)37)30-20(4)12-19(3)13-21(30)5/h12-15,17-18,27-28H,9-11,16H2,1-8H3,(H,38,43)(H,41,42)/t27-,28?/m0/s1. The fourth-order valence-corrected chi connectivity index (χ4v) is 5.91. The molecule has 2 aromatic carbocycles. The van der Waals surface area contributed by atoms with Crippen molar-refractivity contribution in [2.45, 2.75) is 72.9 Å². The molecule has 1 amide bonds. The largest absolute Gasteiger partial charge is 0.481 e. The molecule has 2 N–H and O–H groups in total. The predicted molar refractivity (Wildman–Crippen MR) is 170 cm³/mol. The minimum absolute atomic E-state index is 0.0906. The molecule has 0 saturated heterocycles. The van der Waals surface area contributed by atoms with Crippen molar-refractivity contribution in [3.05, 3.63) is 90.9 Å². The number of hydrogen-bond acceptors (Lipinski definition) is 4. The van der Waals surface area contributed by atoms with Gasteiger partial charge in [0.15, 0.2) is 5.82 Å². The molecule has 0 bridgehead atoms. The van der Waals surface area contributed by atoms with Crippen molar-refractivity contribution >= 4 is 23.5 Å². The van der Waals surface area contributed by atoms with E-state index in [2.05, 4.69) is 5.32 Å². The maximum atomic E-state index is 15.6. The van der Waals surface area contributed by atoms with Crippen molar-refractivity contribution < 1.29 is 23.5 Å². The van der Waals surface area contributed by atoms with Crippen molar-refractivity contribution in [3.8, 4) is 11.1 Å². The van der Waals surface area contributed by atoms with E-state index in [0.29, 0.717) is 24.1 Å². The quantitative estimate of drug-likeness (QED) is 0.233. The Balaban J connectivity index is 2.13. The highest BCUT2D eigenvalue weighted by molar-refractivity contribution is 6.31. The lowest BCUT2D eigenvalue weighted by molar-refractivity contribution is -0.138. The van der Waals surface area contributed by atoms with E-state index in [9.17, 15) is 19.5 Å². The first-order chi connectivity index (χ1) is 20.5. The Morgan fingerprint density at radius 2 is 1.64 bits per heavy atom. The van der Waals surface area contributed by atoms with Crippen molar-refractivity contribution in [3.63, 3.8) is 0 Å². The summed E-state index contributed by atoms with van der Waals surface area (Å²) >= 11 is 6.35. The molecule has 44 heavy (non-hydrogen) atoms. The van der Waals surface area contributed by atoms with Gasteiger partial charge in [-0.25, -0.2) is 8.78 Å². The lowest BCUT2D eigenvalue weighted by Gasteiger charge is -2.26. The van der Waals surface area contributed by atoms with E-state index in [4.69, 9.17) is 11.6 Å². The number of nitrogens with one attached hydrogen (secondary N) is 1. The first-order valence-corrected chi connectivity index (χ1v) is 15.0. The van der Waals surface area contributed by atoms with Crippen LogP contribution < -0.4 is 10.9 Å². The molecule has 238 valence electrons. The van der Waals surface area contributed by atoms with Gasteiger partial charge in [0.1, 0.15) is 11.9 Å². The zero-order chi connectivity index (χ0) is 33.0. The molecule has 2 atom stereocenters. The van der Waals surface area contributed by atoms with Gasteiger partial charge in [-0.05, 0) is 106 Å². The Kier molecular flexibility index (Phi) is 11.5. The number of halogens is 3. The van der Waals surface area contributed by atoms with Gasteiger partial charge in [-0.3, -0.25) is 14.4 Å². The molecular weight excluding hydrogens is 588 g/mol. The van der Waals surface area contributed by atoms with Crippen LogP contribution in [0, 0.1) is 45.2 Å². The van der Waals surface area contributed by atoms with Crippen LogP contribution in [0.1, 0.15) is 72.2 Å². The number of aliphatic carboxylic acids is 1. The Hall–Kier alpha value is -3.56. The van der Waals surface area contributed by atoms with Gasteiger partial charge in [0, 0.05) is 18.3 Å². The summed E-state index contributed by atoms with van der Waals surface area (Å²) < 4.78 is 31.9. The number of carbonyl (C=O) groups excluding carboxylic acids is 1. The van der Waals surface area contributed by atoms with Gasteiger partial charge in [-0.2, -0.15) is 0 Å². The highest BCUT2D eigenvalue weighted by Crippen LogP contribution is 2.36. The fourth-order valence-electron chi connectivity index (χ4n) is 5.68. The summed E-state index contributed by atoms with van der Waals surface area (Å²) in [7, 11) is 3.75. The number of hydrogen-bond donors (Lipinski definition) is 2. The molecule has 3 rings (SSSR count). The first-order valence-electron chi connectivity index (χ1n) is 14.7. The fraction of sp³-hybridized carbons (Fsp3) is 0.441. The van der Waals surface area contributed by atoms with Crippen LogP contribution >= 0.6 is 11.6 Å². The van der Waals surface area contributed by atoms with Gasteiger partial charge < -0.3 is 19.9 Å². The summed E-state index contributed by atoms with van der Waals surface area (Å²) in [5, 5.41) is 12.2. The summed E-state index contributed by atoms with van der Waals surface area (Å²) in [5.74, 6) is -3.89. The zero-order valence-electron chi connectivity index (χ0n) is 26.6. The summed E-state index contributed by atoms with van der Waals surface area (Å²) in [5.41, 5.74) is 4.06. The van der Waals surface area contributed by atoms with Crippen molar-refractivity contribution in [1.82, 2.24) is 14.8 Å². The van der Waals surface area contributed by atoms with E-state index >= 15 is 8.78 Å². The van der Waals surface area contributed by atoms with Crippen LogP contribution in [-0.2, 0) is 16.0 Å². The third-order valence-corrected chi connectivity index (χ3v) is 8.06. The zero-order valence-corrected chi connectivity index (χ0v) is 27.4. The number of nitrogens with zero attached hydrogens (tertiary/aromatic N) is 2. The average molecular weight is 630 g/mol. The van der Waals surface area contributed by atoms with Crippen molar-refractivity contribution in [2.75, 3.05) is 20.6 Å². The molecule has 0 radical (unpaired) electrons. The number of likely N-dealkylation sites (N-methyl/N-ethyl adjacent to an activating group) is 1. The number of carboxylic acid groups (broad SMARTS) is 1. The predicted octanol–water partition coefficient (Wildman–Crippen LogP) is 6.70. The molecule has 3 aromatic rings. The molecule has 1 aromatic heterocycles. The van der Waals surface area contributed by atoms with Crippen LogP contribution in [0.4, 0.5) is 8.78 Å². The monoisotopic (exact) mass is 629 g/mol. The van der Waals surface area contributed by atoms with E-state index in [1.165, 1.54) is 25.3 Å². The number of rotatable bonds is 12. The third-order valence-electron chi connectivity index (χ3n) is 7.78. The molecular formula is C34H42ClF2N3O4. The third kappa shape index (κ3) is 8.12. The molecule has 0 aliphatic carbocycles. The van der Waals surface area contributed by atoms with Gasteiger partial charge in [0.05, 0.1) is 17.5 Å². The molecule has 0 spiro atoms. The second kappa shape index (κ2) is 14.5. The second-order valence-electron chi connectivity index (χ2n) is 12.3. The lowest BCUT2D eigenvalue weighted by atomic mass is 9.91. The van der Waals surface area contributed by atoms with E-state index in [1.54, 1.807) is 0 Å².